The third-order valence-corrected chi connectivity index (χ3v) is 10.8. The Balaban J connectivity index is 0.000000241. The van der Waals surface area contributed by atoms with E-state index in [4.69, 9.17) is 0 Å². The fourth-order valence-electron chi connectivity index (χ4n) is 5.73. The van der Waals surface area contributed by atoms with Crippen LogP contribution in [-0.4, -0.2) is 12.6 Å². The first-order chi connectivity index (χ1) is 13.9. The van der Waals surface area contributed by atoms with Crippen molar-refractivity contribution in [3.05, 3.63) is 101 Å². The Hall–Kier alpha value is -1.25. The molecule has 0 saturated heterocycles. The molecule has 1 aliphatic carbocycles. The van der Waals surface area contributed by atoms with E-state index >= 15 is 0 Å². The number of aromatic nitrogens is 1. The number of benzene rings is 2. The summed E-state index contributed by atoms with van der Waals surface area (Å²) in [6, 6.07) is 26.0. The summed E-state index contributed by atoms with van der Waals surface area (Å²) < 4.78 is 2.47. The van der Waals surface area contributed by atoms with Gasteiger partial charge in [0.1, 0.15) is 0 Å². The maximum atomic E-state index is 2.52. The zero-order chi connectivity index (χ0) is 20.3. The molecule has 3 aromatic carbocycles. The Morgan fingerprint density at radius 3 is 2.09 bits per heavy atom. The van der Waals surface area contributed by atoms with Gasteiger partial charge < -0.3 is 29.4 Å². The normalized spacial score (nSPS) is 16.6. The second kappa shape index (κ2) is 9.94. The van der Waals surface area contributed by atoms with Gasteiger partial charge in [-0.05, 0) is 42.8 Å². The molecule has 0 spiro atoms. The van der Waals surface area contributed by atoms with E-state index in [1.54, 1.807) is 16.3 Å². The summed E-state index contributed by atoms with van der Waals surface area (Å²) in [4.78, 5) is 0. The molecule has 1 atom stereocenters. The number of halogens is 2. The fraction of sp³-hybridized carbons (Fsp3) is 0.222. The maximum absolute atomic E-state index is 2.52. The van der Waals surface area contributed by atoms with E-state index in [9.17, 15) is 0 Å². The molecule has 0 amide bonds. The topological polar surface area (TPSA) is 4.93 Å². The van der Waals surface area contributed by atoms with Crippen molar-refractivity contribution in [3.8, 4) is 5.69 Å². The molecule has 0 fully saturated rings. The van der Waals surface area contributed by atoms with Crippen molar-refractivity contribution in [2.24, 2.45) is 0 Å². The molecule has 1 aromatic heterocycles. The molecule has 3 aliphatic rings. The Bertz CT molecular complexity index is 1230. The number of allylic oxidation sites excluding steroid dienone is 1. The van der Waals surface area contributed by atoms with Crippen molar-refractivity contribution in [1.82, 2.24) is 4.57 Å². The third kappa shape index (κ3) is 4.07. The molecule has 0 N–H and O–H groups in total. The van der Waals surface area contributed by atoms with Crippen LogP contribution in [0, 0.1) is 13.8 Å². The maximum Gasteiger partial charge on any atom is 3.00 e. The first-order valence-electron chi connectivity index (χ1n) is 10.5. The molecule has 1 radical (unpaired) electrons. The van der Waals surface area contributed by atoms with Gasteiger partial charge in [-0.25, -0.2) is 0 Å². The van der Waals surface area contributed by atoms with Gasteiger partial charge in [0.15, 0.2) is 0 Å². The first kappa shape index (κ1) is 27.0. The monoisotopic (exact) mass is 554 g/mol. The van der Waals surface area contributed by atoms with E-state index in [0.29, 0.717) is 0 Å². The van der Waals surface area contributed by atoms with Gasteiger partial charge in [-0.3, -0.25) is 0 Å². The van der Waals surface area contributed by atoms with Crippen LogP contribution in [0.1, 0.15) is 35.0 Å². The van der Waals surface area contributed by atoms with Crippen LogP contribution in [0.25, 0.3) is 21.7 Å². The molecule has 163 valence electrons. The number of hydrogen-bond acceptors (Lipinski definition) is 0. The van der Waals surface area contributed by atoms with Crippen LogP contribution in [0.2, 0.25) is 13.1 Å². The molecular weight excluding hydrogens is 529 g/mol. The third-order valence-electron chi connectivity index (χ3n) is 6.73. The molecule has 7 rings (SSSR count). The minimum atomic E-state index is -1.19. The summed E-state index contributed by atoms with van der Waals surface area (Å²) in [6.07, 6.45) is 0. The van der Waals surface area contributed by atoms with E-state index in [0.717, 1.165) is 5.54 Å². The Kier molecular flexibility index (Phi) is 8.38. The van der Waals surface area contributed by atoms with Gasteiger partial charge in [0, 0.05) is 22.6 Å². The summed E-state index contributed by atoms with van der Waals surface area (Å²) in [5.74, 6) is 0. The zero-order valence-corrected chi connectivity index (χ0v) is 24.2. The van der Waals surface area contributed by atoms with Gasteiger partial charge >= 0.3 is 26.2 Å². The number of aryl methyl sites for hydroxylation is 2. The SMILES string of the molecule is CC1=C2c3c(cc(C)n3-c3ccccc3)C1[Si]2(C)C.Cc1cc2ccccc2[cH-]1.[Cl-].[Cl-].[Zr+3]. The summed E-state index contributed by atoms with van der Waals surface area (Å²) >= 11 is 0. The summed E-state index contributed by atoms with van der Waals surface area (Å²) in [6.45, 7) is 11.7. The van der Waals surface area contributed by atoms with Crippen molar-refractivity contribution in [2.75, 3.05) is 0 Å². The van der Waals surface area contributed by atoms with Crippen molar-refractivity contribution in [1.29, 1.82) is 0 Å². The quantitative estimate of drug-likeness (QED) is 0.246. The average Bonchev–Trinajstić information content (AvgIpc) is 3.36. The van der Waals surface area contributed by atoms with Crippen LogP contribution in [0.3, 0.4) is 0 Å². The largest absolute Gasteiger partial charge is 3.00 e. The number of hydrogen-bond donors (Lipinski definition) is 0. The van der Waals surface area contributed by atoms with Crippen LogP contribution in [0.5, 0.6) is 0 Å². The summed E-state index contributed by atoms with van der Waals surface area (Å²) in [5.41, 5.74) is 9.58. The molecular formula is C27H28Cl2NSiZr. The van der Waals surface area contributed by atoms with Crippen LogP contribution >= 0.6 is 0 Å². The predicted molar refractivity (Wildman–Crippen MR) is 128 cm³/mol. The molecule has 1 nitrogen and oxygen atoms in total. The van der Waals surface area contributed by atoms with Gasteiger partial charge in [-0.15, -0.1) is 40.6 Å². The van der Waals surface area contributed by atoms with E-state index < -0.39 is 8.07 Å². The second-order valence-electron chi connectivity index (χ2n) is 9.13. The van der Waals surface area contributed by atoms with E-state index in [1.807, 2.05) is 0 Å². The molecule has 1 unspecified atom stereocenters. The molecule has 3 heterocycles. The van der Waals surface area contributed by atoms with Crippen LogP contribution in [0.15, 0.2) is 78.4 Å². The van der Waals surface area contributed by atoms with Gasteiger partial charge in [-0.1, -0.05) is 49.9 Å². The fourth-order valence-corrected chi connectivity index (χ4v) is 10.0. The van der Waals surface area contributed by atoms with Gasteiger partial charge in [0.25, 0.3) is 0 Å². The van der Waals surface area contributed by atoms with E-state index in [1.165, 1.54) is 33.4 Å². The van der Waals surface area contributed by atoms with Crippen molar-refractivity contribution in [2.45, 2.75) is 39.4 Å². The molecule has 4 aromatic rings. The molecule has 32 heavy (non-hydrogen) atoms. The molecule has 2 bridgehead atoms. The minimum absolute atomic E-state index is 0. The Labute approximate surface area is 224 Å². The van der Waals surface area contributed by atoms with Crippen LogP contribution in [-0.2, 0) is 26.2 Å². The molecule has 5 heteroatoms. The first-order valence-corrected chi connectivity index (χ1v) is 13.6. The number of nitrogens with zero attached hydrogens (tertiary/aromatic N) is 1. The second-order valence-corrected chi connectivity index (χ2v) is 13.7. The Morgan fingerprint density at radius 1 is 0.844 bits per heavy atom. The predicted octanol–water partition coefficient (Wildman–Crippen LogP) is 1.33. The standard InChI is InChI=1S/C17H19NSi.C10H9.2ClH.Zr/c1-11-10-14-15(17-12(2)16(14)19(17,3)4)18(11)13-8-6-5-7-9-13;1-8-6-9-4-2-3-5-10(9)7-8;;;/h5-10,16H,1-4H3;2-7H,1H3;2*1H;/q;-1;;;+3/p-2. The van der Waals surface area contributed by atoms with Crippen molar-refractivity contribution >= 4 is 24.0 Å². The summed E-state index contributed by atoms with van der Waals surface area (Å²) in [7, 11) is -1.19. The van der Waals surface area contributed by atoms with E-state index in [2.05, 4.69) is 111 Å². The Morgan fingerprint density at radius 2 is 1.47 bits per heavy atom. The smallest absolute Gasteiger partial charge is 1.00 e. The van der Waals surface area contributed by atoms with Crippen LogP contribution < -0.4 is 24.8 Å². The summed E-state index contributed by atoms with van der Waals surface area (Å²) in [5, 5.41) is 4.41. The van der Waals surface area contributed by atoms with Crippen LogP contribution in [0.4, 0.5) is 0 Å². The van der Waals surface area contributed by atoms with Crippen molar-refractivity contribution in [3.63, 3.8) is 0 Å². The van der Waals surface area contributed by atoms with Gasteiger partial charge in [-0.2, -0.15) is 6.07 Å². The number of rotatable bonds is 1. The zero-order valence-electron chi connectivity index (χ0n) is 19.2. The molecule has 2 aliphatic heterocycles. The minimum Gasteiger partial charge on any atom is -1.00 e. The number of para-hydroxylation sites is 1. The molecule has 0 saturated carbocycles. The van der Waals surface area contributed by atoms with Gasteiger partial charge in [0.2, 0.25) is 0 Å². The van der Waals surface area contributed by atoms with Gasteiger partial charge in [0.05, 0.1) is 8.07 Å². The average molecular weight is 557 g/mol. The van der Waals surface area contributed by atoms with Crippen molar-refractivity contribution < 1.29 is 51.0 Å². The van der Waals surface area contributed by atoms with E-state index in [-0.39, 0.29) is 51.0 Å². The number of fused-ring (bicyclic) bond motifs is 1.